The molecule has 1 amide bonds. The average molecular weight is 2080 g/mol. The molecule has 1 aromatic carbocycles. The summed E-state index contributed by atoms with van der Waals surface area (Å²) in [5, 5.41) is 3.29. The first kappa shape index (κ1) is 149. The van der Waals surface area contributed by atoms with Crippen molar-refractivity contribution in [1.29, 1.82) is 0 Å². The van der Waals surface area contributed by atoms with E-state index in [1.807, 2.05) is 32.3 Å². The van der Waals surface area contributed by atoms with Gasteiger partial charge in [-0.1, -0.05) is 57.5 Å². The third-order valence-corrected chi connectivity index (χ3v) is 25.3. The van der Waals surface area contributed by atoms with Crippen LogP contribution in [-0.2, 0) is 25.6 Å². The van der Waals surface area contributed by atoms with Crippen LogP contribution in [0.4, 0.5) is 13.2 Å². The van der Waals surface area contributed by atoms with E-state index in [2.05, 4.69) is 182 Å². The van der Waals surface area contributed by atoms with Crippen molar-refractivity contribution in [3.05, 3.63) is 35.9 Å². The van der Waals surface area contributed by atoms with Crippen molar-refractivity contribution >= 4 is 5.91 Å². The first-order valence-corrected chi connectivity index (χ1v) is 55.2. The number of nitrogens with zero attached hydrogens (tertiary/aromatic N) is 18. The maximum Gasteiger partial charge on any atom is 0.261 e. The number of piperazine rings is 2. The molecule has 10 aliphatic heterocycles. The van der Waals surface area contributed by atoms with Gasteiger partial charge in [0.25, 0.3) is 5.92 Å². The van der Waals surface area contributed by atoms with Crippen LogP contribution in [0.25, 0.3) is 0 Å². The van der Waals surface area contributed by atoms with Gasteiger partial charge in [-0.3, -0.25) is 34.2 Å². The number of likely N-dealkylation sites (tertiary alicyclic amines) is 7. The predicted molar refractivity (Wildman–Crippen MR) is 610 cm³/mol. The van der Waals surface area contributed by atoms with E-state index < -0.39 is 12.1 Å². The zero-order chi connectivity index (χ0) is 109. The first-order valence-electron chi connectivity index (χ1n) is 55.2. The minimum Gasteiger partial charge on any atom is -0.383 e. The molecule has 38 nitrogen and oxygen atoms in total. The van der Waals surface area contributed by atoms with E-state index in [1.165, 1.54) is 155 Å². The number of benzene rings is 1. The molecule has 10 saturated heterocycles. The van der Waals surface area contributed by atoms with Crippen LogP contribution in [-0.4, -0.2) is 609 Å². The van der Waals surface area contributed by atoms with Gasteiger partial charge < -0.3 is 164 Å². The number of hydrogen-bond donors (Lipinski definition) is 16. The molecule has 0 aliphatic carbocycles. The molecule has 11 rings (SSSR count). The van der Waals surface area contributed by atoms with Gasteiger partial charge in [0.2, 0.25) is 5.91 Å². The fourth-order valence-electron chi connectivity index (χ4n) is 15.9. The number of likely N-dealkylation sites (N-methyl/N-ethyl adjacent to an activating group) is 9. The molecule has 0 spiro atoms. The quantitative estimate of drug-likeness (QED) is 0.0266. The van der Waals surface area contributed by atoms with Gasteiger partial charge in [0.05, 0.1) is 73.3 Å². The normalized spacial score (nSPS) is 19.6. The lowest BCUT2D eigenvalue weighted by Gasteiger charge is -2.31. The highest BCUT2D eigenvalue weighted by atomic mass is 19.3. The number of piperidine rings is 1. The number of hydrogen-bond acceptors (Lipinski definition) is 36. The molecule has 3 unspecified atom stereocenters. The Morgan fingerprint density at radius 1 is 0.479 bits per heavy atom. The SMILES string of the molecule is CC(C)N1CCC(N)C1.CCCN(C)CCN.CCN(CC)CCN.CN(C)CC(N)=O.CN(C)CCN.CN(C)CC[N+](C)(C)CCN.CN(CCN)CCOCc1ccccc1.CN1CCCCC1CN.CN1CCN(CCN)CC1.COCCN1CCCC1.NCCN1CCC(F)(F)C1.NCCN1CCC(F)C1.NCCN1CCC1.NCCN1CCCC1.NCCN1CCNCC1.NCCN1CCOCC1. The molecule has 1 aromatic rings. The summed E-state index contributed by atoms with van der Waals surface area (Å²) < 4.78 is 54.0. The molecule has 10 aliphatic rings. The number of carbonyl (C=O) groups excluding carboxylic acids is 1. The summed E-state index contributed by atoms with van der Waals surface area (Å²) in [6.07, 6.45) is 13.4. The zero-order valence-electron chi connectivity index (χ0n) is 96.3. The number of methoxy groups -OCH3 is 1. The molecular weight excluding hydrogens is 1830 g/mol. The van der Waals surface area contributed by atoms with Gasteiger partial charge in [0.15, 0.2) is 0 Å². The monoisotopic (exact) mass is 2070 g/mol. The van der Waals surface area contributed by atoms with Crippen molar-refractivity contribution in [2.24, 2.45) is 86.0 Å². The van der Waals surface area contributed by atoms with E-state index in [-0.39, 0.29) is 18.9 Å². The van der Waals surface area contributed by atoms with Crippen LogP contribution in [0.5, 0.6) is 0 Å². The summed E-state index contributed by atoms with van der Waals surface area (Å²) in [5.74, 6) is -2.75. The van der Waals surface area contributed by atoms with Crippen molar-refractivity contribution in [1.82, 2.24) is 88.6 Å². The Hall–Kier alpha value is -2.96. The fraction of sp³-hybridized carbons (Fsp3) is 0.932. The lowest BCUT2D eigenvalue weighted by atomic mass is 10.0. The molecule has 10 fully saturated rings. The second kappa shape index (κ2) is 106. The number of quaternary nitrogens is 1. The second-order valence-corrected chi connectivity index (χ2v) is 40.4. The van der Waals surface area contributed by atoms with E-state index >= 15 is 0 Å². The molecule has 144 heavy (non-hydrogen) atoms. The Kier molecular flexibility index (Phi) is 110. The summed E-state index contributed by atoms with van der Waals surface area (Å²) >= 11 is 0. The molecule has 0 aromatic heterocycles. The maximum absolute atomic E-state index is 12.4. The number of morpholine rings is 1. The van der Waals surface area contributed by atoms with Crippen LogP contribution in [0, 0.1) is 0 Å². The molecule has 866 valence electrons. The number of nitrogens with two attached hydrogens (primary N) is 15. The number of alkyl halides is 3. The highest BCUT2D eigenvalue weighted by Gasteiger charge is 2.37. The molecule has 41 heteroatoms. The molecule has 10 heterocycles. The minimum absolute atomic E-state index is 0.00694. The van der Waals surface area contributed by atoms with Crippen LogP contribution < -0.4 is 91.3 Å². The van der Waals surface area contributed by atoms with Crippen molar-refractivity contribution in [2.45, 2.75) is 148 Å². The van der Waals surface area contributed by atoms with E-state index in [1.54, 1.807) is 31.0 Å². The van der Waals surface area contributed by atoms with Gasteiger partial charge >= 0.3 is 0 Å². The van der Waals surface area contributed by atoms with Crippen LogP contribution >= 0.6 is 0 Å². The number of primary amides is 1. The van der Waals surface area contributed by atoms with Crippen molar-refractivity contribution in [2.75, 3.05) is 485 Å². The van der Waals surface area contributed by atoms with Crippen LogP contribution in [0.1, 0.15) is 117 Å². The molecule has 31 N–H and O–H groups in total. The molecule has 0 radical (unpaired) electrons. The number of rotatable bonds is 43. The van der Waals surface area contributed by atoms with Crippen molar-refractivity contribution in [3.63, 3.8) is 0 Å². The molecule has 0 saturated carbocycles. The van der Waals surface area contributed by atoms with Gasteiger partial charge in [-0.25, -0.2) is 13.2 Å². The molecule has 3 atom stereocenters. The highest BCUT2D eigenvalue weighted by molar-refractivity contribution is 5.75. The summed E-state index contributed by atoms with van der Waals surface area (Å²) in [7, 11) is 26.5. The molecular formula is C103H240F3N34O4+. The largest absolute Gasteiger partial charge is 0.383 e. The third-order valence-electron chi connectivity index (χ3n) is 25.3. The summed E-state index contributed by atoms with van der Waals surface area (Å²) in [6, 6.07) is 12.0. The Labute approximate surface area is 881 Å². The van der Waals surface area contributed by atoms with E-state index in [0.717, 1.165) is 260 Å². The number of carbonyl (C=O) groups is 1. The van der Waals surface area contributed by atoms with Gasteiger partial charge in [-0.15, -0.1) is 0 Å². The fourth-order valence-corrected chi connectivity index (χ4v) is 15.9. The number of halogens is 3. The van der Waals surface area contributed by atoms with Crippen LogP contribution in [0.3, 0.4) is 0 Å². The van der Waals surface area contributed by atoms with E-state index in [4.69, 9.17) is 100 Å². The Morgan fingerprint density at radius 3 is 1.28 bits per heavy atom. The number of ether oxygens (including phenoxy) is 3. The predicted octanol–water partition coefficient (Wildman–Crippen LogP) is -1.34. The molecule has 0 bridgehead atoms. The standard InChI is InChI=1S/C12H20N2O.C8H22N3.C7H17N3.2C7H16N2.C7H15NO.C6H12F2N2.C6H13FN2.C6H15N3.C6H14N2O.C6H14N2.2C6H16N2.C5H12N2.C4H10N2O.C4H12N2/c1-14(8-7-13)9-10-15-11-12-5-3-2-4-6-12;1-10(2)6-8-11(3,4)7-5-9;1-9-4-6-10(3-2-8)7-5-9;1-6(2)9-4-3-7(8)5-9;1-9-5-3-2-4-7(9)6-8;1-9-7-6-8-4-2-3-5-8;7-6(8)1-3-10(5-6)4-2-9;7-6-1-3-9(5-6)4-2-8;7-1-4-9-5-2-8-3-6-9;7-1-2-8-3-5-9-6-4-8;7-3-6-8-4-1-2-5-8;1-3-5-8(2)6-4-7;1-3-8(4-2)6-5-7;6-2-5-7-3-1-4-7;1-6(2)3-4(5)7;1-6(2)4-3-5/h2-6H,7-11,13H2,1H3;5-9H2,1-4H3;2-8H2,1H3;6-7H,3-5,8H2,1-2H3;7H,2-6,8H2,1H3;2-7H2,1H3;1-5,9H2;6H,1-5,8H2;8H,1-7H2;1-7H2;1-7H2;2*3-7H2,1-2H3;1-6H2;3H2,1-2H3,(H2,5,7);3-5H2,1-2H3/q;+1;;;;;;;;;;;;;;. The highest BCUT2D eigenvalue weighted by Crippen LogP contribution is 2.26. The van der Waals surface area contributed by atoms with Gasteiger partial charge in [0.1, 0.15) is 6.17 Å². The van der Waals surface area contributed by atoms with Crippen molar-refractivity contribution in [3.8, 4) is 0 Å². The Balaban J connectivity index is -0.000000479. The summed E-state index contributed by atoms with van der Waals surface area (Å²) in [4.78, 5) is 47.9. The summed E-state index contributed by atoms with van der Waals surface area (Å²) in [5.41, 5.74) is 81.5. The number of amides is 1. The Morgan fingerprint density at radius 2 is 0.938 bits per heavy atom. The smallest absolute Gasteiger partial charge is 0.261 e. The average Bonchev–Trinajstić information content (AvgIpc) is 1.74. The van der Waals surface area contributed by atoms with Crippen LogP contribution in [0.2, 0.25) is 0 Å². The lowest BCUT2D eigenvalue weighted by Crippen LogP contribution is -2.47. The maximum atomic E-state index is 12.4. The van der Waals surface area contributed by atoms with E-state index in [0.29, 0.717) is 77.0 Å². The third kappa shape index (κ3) is 101. The Bertz CT molecular complexity index is 2660. The van der Waals surface area contributed by atoms with Crippen molar-refractivity contribution < 1.29 is 36.7 Å². The topological polar surface area (TPSA) is 502 Å². The zero-order valence-corrected chi connectivity index (χ0v) is 96.3. The first-order chi connectivity index (χ1) is 68.8. The van der Waals surface area contributed by atoms with Gasteiger partial charge in [-0.2, -0.15) is 0 Å². The van der Waals surface area contributed by atoms with E-state index in [9.17, 15) is 18.0 Å². The van der Waals surface area contributed by atoms with Crippen LogP contribution in [0.15, 0.2) is 30.3 Å². The lowest BCUT2D eigenvalue weighted by molar-refractivity contribution is -0.888. The number of nitrogens with one attached hydrogen (secondary N) is 1. The van der Waals surface area contributed by atoms with Gasteiger partial charge in [0, 0.05) is 300 Å². The second-order valence-electron chi connectivity index (χ2n) is 40.4. The summed E-state index contributed by atoms with van der Waals surface area (Å²) in [6.45, 7) is 69.1. The van der Waals surface area contributed by atoms with Gasteiger partial charge in [-0.05, 0) is 226 Å². The minimum atomic E-state index is -2.46.